The van der Waals surface area contributed by atoms with Crippen LogP contribution >= 0.6 is 0 Å². The van der Waals surface area contributed by atoms with Gasteiger partial charge >= 0.3 is 0 Å². The molecular formula is C31H34N6O. The van der Waals surface area contributed by atoms with E-state index in [0.717, 1.165) is 72.2 Å². The third-order valence-corrected chi connectivity index (χ3v) is 7.06. The van der Waals surface area contributed by atoms with Crippen LogP contribution in [0.4, 0.5) is 11.5 Å². The maximum atomic E-state index is 12.7. The van der Waals surface area contributed by atoms with Crippen molar-refractivity contribution in [3.05, 3.63) is 102 Å². The lowest BCUT2D eigenvalue weighted by Gasteiger charge is -2.33. The Morgan fingerprint density at radius 2 is 1.79 bits per heavy atom. The maximum absolute atomic E-state index is 12.7. The number of anilines is 2. The van der Waals surface area contributed by atoms with Gasteiger partial charge in [0.2, 0.25) is 0 Å². The van der Waals surface area contributed by atoms with Crippen molar-refractivity contribution < 1.29 is 4.79 Å². The molecule has 2 aromatic heterocycles. The second kappa shape index (κ2) is 11.5. The summed E-state index contributed by atoms with van der Waals surface area (Å²) in [6.45, 7) is 8.24. The number of carbonyl (C=O) groups excluding carboxylic acids is 1. The minimum atomic E-state index is -0.107. The summed E-state index contributed by atoms with van der Waals surface area (Å²) in [5, 5.41) is 3.03. The Balaban J connectivity index is 1.24. The number of benzene rings is 2. The van der Waals surface area contributed by atoms with Crippen LogP contribution in [0.25, 0.3) is 11.3 Å². The third kappa shape index (κ3) is 6.23. The Bertz CT molecular complexity index is 1400. The molecule has 194 valence electrons. The van der Waals surface area contributed by atoms with E-state index in [9.17, 15) is 4.79 Å². The van der Waals surface area contributed by atoms with Gasteiger partial charge in [0, 0.05) is 55.4 Å². The van der Waals surface area contributed by atoms with Crippen molar-refractivity contribution in [2.24, 2.45) is 0 Å². The normalized spacial score (nSPS) is 14.8. The number of hydrogen-bond acceptors (Lipinski definition) is 6. The molecule has 38 heavy (non-hydrogen) atoms. The summed E-state index contributed by atoms with van der Waals surface area (Å²) in [5.74, 6) is 1.10. The highest BCUT2D eigenvalue weighted by atomic mass is 16.1. The second-order valence-corrected chi connectivity index (χ2v) is 10.1. The number of likely N-dealkylation sites (N-methyl/N-ethyl adjacent to an activating group) is 1. The quantitative estimate of drug-likeness (QED) is 0.372. The van der Waals surface area contributed by atoms with E-state index in [-0.39, 0.29) is 11.8 Å². The summed E-state index contributed by atoms with van der Waals surface area (Å²) in [6, 6.07) is 19.8. The molecule has 1 amide bonds. The molecule has 3 heterocycles. The van der Waals surface area contributed by atoms with Gasteiger partial charge in [-0.3, -0.25) is 9.78 Å². The molecule has 1 N–H and O–H groups in total. The van der Waals surface area contributed by atoms with Gasteiger partial charge in [-0.2, -0.15) is 0 Å². The first-order valence-corrected chi connectivity index (χ1v) is 13.1. The molecule has 0 radical (unpaired) electrons. The van der Waals surface area contributed by atoms with Gasteiger partial charge in [0.05, 0.1) is 17.6 Å². The lowest BCUT2D eigenvalue weighted by atomic mass is 9.96. The molecular weight excluding hydrogens is 472 g/mol. The summed E-state index contributed by atoms with van der Waals surface area (Å²) in [7, 11) is 2.15. The minimum absolute atomic E-state index is 0.107. The molecule has 0 unspecified atom stereocenters. The van der Waals surface area contributed by atoms with Crippen LogP contribution in [0.2, 0.25) is 0 Å². The summed E-state index contributed by atoms with van der Waals surface area (Å²) < 4.78 is 0. The van der Waals surface area contributed by atoms with Crippen molar-refractivity contribution in [1.29, 1.82) is 0 Å². The van der Waals surface area contributed by atoms with E-state index < -0.39 is 0 Å². The predicted molar refractivity (Wildman–Crippen MR) is 153 cm³/mol. The van der Waals surface area contributed by atoms with Crippen LogP contribution in [0.1, 0.15) is 40.0 Å². The van der Waals surface area contributed by atoms with E-state index >= 15 is 0 Å². The van der Waals surface area contributed by atoms with Crippen molar-refractivity contribution in [3.63, 3.8) is 0 Å². The van der Waals surface area contributed by atoms with Crippen LogP contribution in [0.5, 0.6) is 0 Å². The fourth-order valence-corrected chi connectivity index (χ4v) is 4.75. The highest BCUT2D eigenvalue weighted by Crippen LogP contribution is 2.25. The largest absolute Gasteiger partial charge is 0.354 e. The van der Waals surface area contributed by atoms with Gasteiger partial charge in [0.1, 0.15) is 5.82 Å². The van der Waals surface area contributed by atoms with Crippen LogP contribution in [0.15, 0.2) is 79.3 Å². The Morgan fingerprint density at radius 3 is 2.55 bits per heavy atom. The average Bonchev–Trinajstić information content (AvgIpc) is 2.94. The van der Waals surface area contributed by atoms with E-state index in [1.807, 2.05) is 61.8 Å². The van der Waals surface area contributed by atoms with Crippen LogP contribution in [0.3, 0.4) is 0 Å². The van der Waals surface area contributed by atoms with Gasteiger partial charge in [-0.1, -0.05) is 36.8 Å². The van der Waals surface area contributed by atoms with Crippen molar-refractivity contribution in [2.45, 2.75) is 26.2 Å². The minimum Gasteiger partial charge on any atom is -0.354 e. The van der Waals surface area contributed by atoms with Gasteiger partial charge in [-0.25, -0.2) is 9.97 Å². The van der Waals surface area contributed by atoms with Crippen molar-refractivity contribution >= 4 is 17.4 Å². The monoisotopic (exact) mass is 506 g/mol. The number of nitrogens with one attached hydrogen (secondary N) is 1. The first-order chi connectivity index (χ1) is 18.4. The SMILES string of the molecule is Cc1cccc(C(=O)Nc2cccc([C@H](C)Cc3cncc(-c4ccc(N5CCN(C)CC5)nc4)n3)c2)c1. The number of amides is 1. The fourth-order valence-electron chi connectivity index (χ4n) is 4.75. The molecule has 0 bridgehead atoms. The average molecular weight is 507 g/mol. The van der Waals surface area contributed by atoms with E-state index in [1.165, 1.54) is 0 Å². The molecule has 0 saturated carbocycles. The maximum Gasteiger partial charge on any atom is 0.255 e. The predicted octanol–water partition coefficient (Wildman–Crippen LogP) is 5.20. The summed E-state index contributed by atoms with van der Waals surface area (Å²) >= 11 is 0. The first-order valence-electron chi connectivity index (χ1n) is 13.1. The Kier molecular flexibility index (Phi) is 7.75. The molecule has 0 aliphatic carbocycles. The lowest BCUT2D eigenvalue weighted by molar-refractivity contribution is 0.102. The Morgan fingerprint density at radius 1 is 0.974 bits per heavy atom. The zero-order chi connectivity index (χ0) is 26.5. The van der Waals surface area contributed by atoms with Gasteiger partial charge < -0.3 is 15.1 Å². The summed E-state index contributed by atoms with van der Waals surface area (Å²) in [6.07, 6.45) is 6.26. The first kappa shape index (κ1) is 25.5. The number of nitrogens with zero attached hydrogens (tertiary/aromatic N) is 5. The number of carbonyl (C=O) groups is 1. The van der Waals surface area contributed by atoms with E-state index in [0.29, 0.717) is 5.56 Å². The molecule has 2 aromatic carbocycles. The second-order valence-electron chi connectivity index (χ2n) is 10.1. The topological polar surface area (TPSA) is 74.2 Å². The zero-order valence-electron chi connectivity index (χ0n) is 22.3. The number of aromatic nitrogens is 3. The molecule has 1 atom stereocenters. The zero-order valence-corrected chi connectivity index (χ0v) is 22.3. The van der Waals surface area contributed by atoms with E-state index in [1.54, 1.807) is 6.20 Å². The van der Waals surface area contributed by atoms with Crippen molar-refractivity contribution in [1.82, 2.24) is 19.9 Å². The summed E-state index contributed by atoms with van der Waals surface area (Å²) in [5.41, 5.74) is 6.35. The fraction of sp³-hybridized carbons (Fsp3) is 0.290. The van der Waals surface area contributed by atoms with Gasteiger partial charge in [-0.15, -0.1) is 0 Å². The number of piperazine rings is 1. The molecule has 7 heteroatoms. The van der Waals surface area contributed by atoms with Crippen molar-refractivity contribution in [3.8, 4) is 11.3 Å². The molecule has 1 aliphatic heterocycles. The Labute approximate surface area is 224 Å². The highest BCUT2D eigenvalue weighted by Gasteiger charge is 2.16. The molecule has 1 saturated heterocycles. The highest BCUT2D eigenvalue weighted by molar-refractivity contribution is 6.04. The number of rotatable bonds is 7. The van der Waals surface area contributed by atoms with Gasteiger partial charge in [0.15, 0.2) is 0 Å². The molecule has 7 nitrogen and oxygen atoms in total. The summed E-state index contributed by atoms with van der Waals surface area (Å²) in [4.78, 5) is 31.4. The molecule has 0 spiro atoms. The number of hydrogen-bond donors (Lipinski definition) is 1. The van der Waals surface area contributed by atoms with Crippen molar-refractivity contribution in [2.75, 3.05) is 43.4 Å². The third-order valence-electron chi connectivity index (χ3n) is 7.06. The van der Waals surface area contributed by atoms with Crippen LogP contribution in [-0.2, 0) is 6.42 Å². The molecule has 1 aliphatic rings. The van der Waals surface area contributed by atoms with Crippen LogP contribution in [-0.4, -0.2) is 59.0 Å². The Hall–Kier alpha value is -4.10. The van der Waals surface area contributed by atoms with E-state index in [2.05, 4.69) is 52.3 Å². The standard InChI is InChI=1S/C31H34N6O/c1-22-6-4-8-25(16-22)31(38)35-27-9-5-7-24(18-27)23(2)17-28-20-32-21-29(34-28)26-10-11-30(33-19-26)37-14-12-36(3)13-15-37/h4-11,16,18-21,23H,12-15,17H2,1-3H3,(H,35,38)/t23-/m1/s1. The van der Waals surface area contributed by atoms with Gasteiger partial charge in [0.25, 0.3) is 5.91 Å². The van der Waals surface area contributed by atoms with E-state index in [4.69, 9.17) is 9.97 Å². The molecule has 4 aromatic rings. The smallest absolute Gasteiger partial charge is 0.255 e. The lowest BCUT2D eigenvalue weighted by Crippen LogP contribution is -2.44. The van der Waals surface area contributed by atoms with Crippen LogP contribution in [0, 0.1) is 6.92 Å². The van der Waals surface area contributed by atoms with Gasteiger partial charge in [-0.05, 0) is 68.3 Å². The number of aryl methyl sites for hydroxylation is 1. The molecule has 1 fully saturated rings. The number of pyridine rings is 1. The van der Waals surface area contributed by atoms with Crippen LogP contribution < -0.4 is 10.2 Å². The molecule has 5 rings (SSSR count).